The Hall–Kier alpha value is -0.640. The number of ketones is 1. The number of carbonyl (C=O) groups excluding carboxylic acids is 2. The van der Waals surface area contributed by atoms with Gasteiger partial charge in [0.05, 0.1) is 5.41 Å². The average Bonchev–Trinajstić information content (AvgIpc) is 2.31. The Labute approximate surface area is 85.3 Å². The molecule has 0 N–H and O–H groups in total. The highest BCUT2D eigenvalue weighted by Crippen LogP contribution is 2.35. The summed E-state index contributed by atoms with van der Waals surface area (Å²) in [6, 6.07) is 0. The molecule has 2 atom stereocenters. The van der Waals surface area contributed by atoms with Crippen LogP contribution < -0.4 is 0 Å². The van der Waals surface area contributed by atoms with Crippen molar-refractivity contribution in [3.05, 3.63) is 12.2 Å². The Morgan fingerprint density at radius 3 is 2.77 bits per heavy atom. The molecule has 72 valence electrons. The van der Waals surface area contributed by atoms with Crippen LogP contribution in [-0.2, 0) is 14.3 Å². The molecular formula is C9H11BrO3. The van der Waals surface area contributed by atoms with Crippen LogP contribution in [0, 0.1) is 5.41 Å². The van der Waals surface area contributed by atoms with Crippen LogP contribution in [0.3, 0.4) is 0 Å². The van der Waals surface area contributed by atoms with Gasteiger partial charge in [-0.1, -0.05) is 22.0 Å². The molecule has 0 spiro atoms. The summed E-state index contributed by atoms with van der Waals surface area (Å²) in [7, 11) is 0. The minimum absolute atomic E-state index is 0.00405. The Bertz CT molecular complexity index is 272. The molecule has 1 aliphatic carbocycles. The summed E-state index contributed by atoms with van der Waals surface area (Å²) in [5.74, 6) is -0.365. The van der Waals surface area contributed by atoms with Crippen molar-refractivity contribution in [1.29, 1.82) is 0 Å². The first-order valence-corrected chi connectivity index (χ1v) is 4.88. The minimum Gasteiger partial charge on any atom is -0.465 e. The SMILES string of the molecule is CC(=O)OCC1(C)C(=O)C=CC1Br. The lowest BCUT2D eigenvalue weighted by Crippen LogP contribution is -2.36. The van der Waals surface area contributed by atoms with E-state index in [-0.39, 0.29) is 23.2 Å². The molecule has 0 radical (unpaired) electrons. The first-order valence-electron chi connectivity index (χ1n) is 3.97. The van der Waals surface area contributed by atoms with Crippen molar-refractivity contribution in [3.8, 4) is 0 Å². The van der Waals surface area contributed by atoms with Crippen molar-refractivity contribution < 1.29 is 14.3 Å². The molecule has 0 aromatic carbocycles. The summed E-state index contributed by atoms with van der Waals surface area (Å²) in [6.07, 6.45) is 3.29. The number of halogens is 1. The second kappa shape index (κ2) is 3.62. The molecule has 0 heterocycles. The molecule has 0 bridgehead atoms. The average molecular weight is 247 g/mol. The maximum Gasteiger partial charge on any atom is 0.302 e. The number of ether oxygens (including phenoxy) is 1. The molecule has 0 aromatic heterocycles. The van der Waals surface area contributed by atoms with E-state index >= 15 is 0 Å². The molecule has 0 saturated heterocycles. The number of hydrogen-bond donors (Lipinski definition) is 0. The highest BCUT2D eigenvalue weighted by molar-refractivity contribution is 9.09. The predicted octanol–water partition coefficient (Wildman–Crippen LogP) is 1.46. The highest BCUT2D eigenvalue weighted by Gasteiger charge is 2.42. The second-order valence-electron chi connectivity index (χ2n) is 3.32. The lowest BCUT2D eigenvalue weighted by atomic mass is 9.88. The van der Waals surface area contributed by atoms with Gasteiger partial charge in [0, 0.05) is 11.8 Å². The summed E-state index contributed by atoms with van der Waals surface area (Å²) in [4.78, 5) is 21.9. The van der Waals surface area contributed by atoms with E-state index in [0.717, 1.165) is 0 Å². The fourth-order valence-corrected chi connectivity index (χ4v) is 1.62. The van der Waals surface area contributed by atoms with Gasteiger partial charge in [-0.25, -0.2) is 0 Å². The van der Waals surface area contributed by atoms with Crippen molar-refractivity contribution in [1.82, 2.24) is 0 Å². The van der Waals surface area contributed by atoms with Gasteiger partial charge in [-0.2, -0.15) is 0 Å². The molecule has 1 aliphatic rings. The minimum atomic E-state index is -0.633. The van der Waals surface area contributed by atoms with Crippen LogP contribution >= 0.6 is 15.9 Å². The van der Waals surface area contributed by atoms with E-state index in [1.165, 1.54) is 13.0 Å². The van der Waals surface area contributed by atoms with Crippen LogP contribution in [0.1, 0.15) is 13.8 Å². The maximum atomic E-state index is 11.4. The van der Waals surface area contributed by atoms with E-state index in [0.29, 0.717) is 0 Å². The van der Waals surface area contributed by atoms with Gasteiger partial charge in [-0.05, 0) is 13.0 Å². The van der Waals surface area contributed by atoms with Crippen LogP contribution in [0.25, 0.3) is 0 Å². The fourth-order valence-electron chi connectivity index (χ4n) is 1.11. The van der Waals surface area contributed by atoms with Gasteiger partial charge in [0.15, 0.2) is 5.78 Å². The van der Waals surface area contributed by atoms with Crippen molar-refractivity contribution in [2.45, 2.75) is 18.7 Å². The largest absolute Gasteiger partial charge is 0.465 e. The molecule has 13 heavy (non-hydrogen) atoms. The first kappa shape index (κ1) is 10.4. The van der Waals surface area contributed by atoms with Crippen LogP contribution in [-0.4, -0.2) is 23.2 Å². The van der Waals surface area contributed by atoms with E-state index < -0.39 is 5.41 Å². The summed E-state index contributed by atoms with van der Waals surface area (Å²) < 4.78 is 4.84. The van der Waals surface area contributed by atoms with Crippen molar-refractivity contribution in [2.24, 2.45) is 5.41 Å². The fraction of sp³-hybridized carbons (Fsp3) is 0.556. The topological polar surface area (TPSA) is 43.4 Å². The summed E-state index contributed by atoms with van der Waals surface area (Å²) >= 11 is 3.35. The zero-order chi connectivity index (χ0) is 10.1. The Kier molecular flexibility index (Phi) is 2.91. The van der Waals surface area contributed by atoms with Crippen molar-refractivity contribution in [2.75, 3.05) is 6.61 Å². The van der Waals surface area contributed by atoms with Gasteiger partial charge in [0.2, 0.25) is 0 Å². The molecule has 0 fully saturated rings. The van der Waals surface area contributed by atoms with E-state index in [2.05, 4.69) is 15.9 Å². The van der Waals surface area contributed by atoms with E-state index in [4.69, 9.17) is 4.74 Å². The standard InChI is InChI=1S/C9H11BrO3/c1-6(11)13-5-9(2)7(10)3-4-8(9)12/h3-4,7H,5H2,1-2H3. The molecule has 3 nitrogen and oxygen atoms in total. The molecule has 0 aromatic rings. The van der Waals surface area contributed by atoms with Crippen molar-refractivity contribution in [3.63, 3.8) is 0 Å². The summed E-state index contributed by atoms with van der Waals surface area (Å²) in [5, 5.41) is 0. The molecule has 2 unspecified atom stereocenters. The Morgan fingerprint density at radius 2 is 2.38 bits per heavy atom. The number of esters is 1. The highest BCUT2D eigenvalue weighted by atomic mass is 79.9. The van der Waals surface area contributed by atoms with Gasteiger partial charge in [0.1, 0.15) is 6.61 Å². The molecule has 4 heteroatoms. The monoisotopic (exact) mass is 246 g/mol. The molecule has 0 saturated carbocycles. The van der Waals surface area contributed by atoms with Crippen LogP contribution in [0.4, 0.5) is 0 Å². The normalized spacial score (nSPS) is 32.2. The van der Waals surface area contributed by atoms with Gasteiger partial charge in [0.25, 0.3) is 0 Å². The van der Waals surface area contributed by atoms with Gasteiger partial charge in [-0.15, -0.1) is 0 Å². The third kappa shape index (κ3) is 1.99. The number of rotatable bonds is 2. The number of carbonyl (C=O) groups is 2. The number of alkyl halides is 1. The van der Waals surface area contributed by atoms with Gasteiger partial charge in [-0.3, -0.25) is 9.59 Å². The molecule has 0 aliphatic heterocycles. The zero-order valence-corrected chi connectivity index (χ0v) is 9.13. The first-order chi connectivity index (χ1) is 5.97. The van der Waals surface area contributed by atoms with Crippen LogP contribution in [0.15, 0.2) is 12.2 Å². The smallest absolute Gasteiger partial charge is 0.302 e. The molecule has 1 rings (SSSR count). The van der Waals surface area contributed by atoms with Crippen molar-refractivity contribution >= 4 is 27.7 Å². The number of allylic oxidation sites excluding steroid dienone is 2. The number of hydrogen-bond acceptors (Lipinski definition) is 3. The van der Waals surface area contributed by atoms with Crippen LogP contribution in [0.2, 0.25) is 0 Å². The maximum absolute atomic E-state index is 11.4. The second-order valence-corrected chi connectivity index (χ2v) is 4.31. The lowest BCUT2D eigenvalue weighted by molar-refractivity contribution is -0.145. The quantitative estimate of drug-likeness (QED) is 0.548. The Morgan fingerprint density at radius 1 is 1.77 bits per heavy atom. The van der Waals surface area contributed by atoms with Crippen LogP contribution in [0.5, 0.6) is 0 Å². The third-order valence-electron chi connectivity index (χ3n) is 2.16. The van der Waals surface area contributed by atoms with E-state index in [1.54, 1.807) is 13.0 Å². The van der Waals surface area contributed by atoms with Gasteiger partial charge >= 0.3 is 5.97 Å². The summed E-state index contributed by atoms with van der Waals surface area (Å²) in [6.45, 7) is 3.24. The zero-order valence-electron chi connectivity index (χ0n) is 7.54. The van der Waals surface area contributed by atoms with Gasteiger partial charge < -0.3 is 4.74 Å². The lowest BCUT2D eigenvalue weighted by Gasteiger charge is -2.25. The van der Waals surface area contributed by atoms with E-state index in [1.807, 2.05) is 0 Å². The molecule has 0 amide bonds. The van der Waals surface area contributed by atoms with E-state index in [9.17, 15) is 9.59 Å². The molecular weight excluding hydrogens is 236 g/mol. The predicted molar refractivity (Wildman–Crippen MR) is 51.6 cm³/mol. The third-order valence-corrected chi connectivity index (χ3v) is 3.48. The Balaban J connectivity index is 2.65. The summed E-state index contributed by atoms with van der Waals surface area (Å²) in [5.41, 5.74) is -0.633.